The van der Waals surface area contributed by atoms with Gasteiger partial charge in [0, 0.05) is 23.9 Å². The number of carbonyl (C=O) groups excluding carboxylic acids is 1. The fourth-order valence-corrected chi connectivity index (χ4v) is 3.21. The average molecular weight is 365 g/mol. The third kappa shape index (κ3) is 3.33. The van der Waals surface area contributed by atoms with E-state index >= 15 is 0 Å². The third-order valence-corrected chi connectivity index (χ3v) is 4.52. The maximum absolute atomic E-state index is 12.1. The highest BCUT2D eigenvalue weighted by atomic mass is 16.5. The summed E-state index contributed by atoms with van der Waals surface area (Å²) in [6.45, 7) is 6.54. The Morgan fingerprint density at radius 1 is 1.37 bits per heavy atom. The minimum atomic E-state index is -0.396. The molecule has 1 atom stereocenters. The fraction of sp³-hybridized carbons (Fsp3) is 0.263. The molecular weight excluding hydrogens is 346 g/mol. The fourth-order valence-electron chi connectivity index (χ4n) is 3.21. The maximum atomic E-state index is 12.1. The molecule has 1 amide bonds. The lowest BCUT2D eigenvalue weighted by molar-refractivity contribution is -0.126. The molecule has 0 radical (unpaired) electrons. The summed E-state index contributed by atoms with van der Waals surface area (Å²) in [6, 6.07) is 9.56. The smallest absolute Gasteiger partial charge is 0.340 e. The Morgan fingerprint density at radius 2 is 2.19 bits per heavy atom. The van der Waals surface area contributed by atoms with Crippen LogP contribution < -0.4 is 10.4 Å². The Bertz CT molecular complexity index is 1080. The number of rotatable bonds is 4. The van der Waals surface area contributed by atoms with Crippen molar-refractivity contribution in [3.63, 3.8) is 0 Å². The molecule has 0 unspecified atom stereocenters. The van der Waals surface area contributed by atoms with Crippen molar-refractivity contribution in [3.05, 3.63) is 53.0 Å². The Balaban J connectivity index is 1.66. The molecule has 0 bridgehead atoms. The average Bonchev–Trinajstić information content (AvgIpc) is 3.30. The zero-order chi connectivity index (χ0) is 19.0. The highest BCUT2D eigenvalue weighted by Crippen LogP contribution is 2.29. The molecule has 1 fully saturated rings. The zero-order valence-electron chi connectivity index (χ0n) is 14.9. The standard InChI is InChI=1S/C19H19N5O3/c1-11(2)18(25)24-8-7-13(10-24)27-17-14-6-4-3-5-12(14)9-15(20-17)16-21-19(26)23-22-16/h3-6,9,13H,1,7-8,10H2,2H3,(H2,21,22,23,26)/t13-/m1/s1. The van der Waals surface area contributed by atoms with Gasteiger partial charge in [-0.05, 0) is 24.4 Å². The van der Waals surface area contributed by atoms with Gasteiger partial charge >= 0.3 is 5.69 Å². The molecule has 2 aromatic heterocycles. The number of amides is 1. The van der Waals surface area contributed by atoms with Crippen molar-refractivity contribution in [3.8, 4) is 17.4 Å². The summed E-state index contributed by atoms with van der Waals surface area (Å²) in [5.41, 5.74) is 0.630. The van der Waals surface area contributed by atoms with Crippen molar-refractivity contribution < 1.29 is 9.53 Å². The SMILES string of the molecule is C=C(C)C(=O)N1CC[C@@H](Oc2nc(-c3n[nH]c(=O)[nH]3)cc3ccccc23)C1. The molecule has 1 saturated heterocycles. The van der Waals surface area contributed by atoms with Gasteiger partial charge in [-0.25, -0.2) is 14.9 Å². The van der Waals surface area contributed by atoms with Gasteiger partial charge in [-0.3, -0.25) is 9.78 Å². The van der Waals surface area contributed by atoms with E-state index in [0.29, 0.717) is 36.1 Å². The van der Waals surface area contributed by atoms with Gasteiger partial charge in [0.25, 0.3) is 0 Å². The van der Waals surface area contributed by atoms with E-state index in [0.717, 1.165) is 17.2 Å². The van der Waals surface area contributed by atoms with Gasteiger partial charge < -0.3 is 9.64 Å². The van der Waals surface area contributed by atoms with Crippen LogP contribution in [0.2, 0.25) is 0 Å². The summed E-state index contributed by atoms with van der Waals surface area (Å²) >= 11 is 0. The normalized spacial score (nSPS) is 16.6. The van der Waals surface area contributed by atoms with Crippen LogP contribution in [-0.4, -0.2) is 50.2 Å². The molecular formula is C19H19N5O3. The minimum Gasteiger partial charge on any atom is -0.472 e. The van der Waals surface area contributed by atoms with Gasteiger partial charge in [0.05, 0.1) is 6.54 Å². The number of aromatic amines is 2. The quantitative estimate of drug-likeness (QED) is 0.687. The maximum Gasteiger partial charge on any atom is 0.340 e. The van der Waals surface area contributed by atoms with E-state index in [2.05, 4.69) is 26.7 Å². The van der Waals surface area contributed by atoms with E-state index in [1.165, 1.54) is 0 Å². The Kier molecular flexibility index (Phi) is 4.23. The van der Waals surface area contributed by atoms with Crippen molar-refractivity contribution in [2.24, 2.45) is 0 Å². The lowest BCUT2D eigenvalue weighted by Crippen LogP contribution is -2.31. The molecule has 8 nitrogen and oxygen atoms in total. The van der Waals surface area contributed by atoms with Crippen molar-refractivity contribution in [2.45, 2.75) is 19.4 Å². The number of benzene rings is 1. The molecule has 1 aromatic carbocycles. The Labute approximate surface area is 154 Å². The molecule has 27 heavy (non-hydrogen) atoms. The topological polar surface area (TPSA) is 104 Å². The highest BCUT2D eigenvalue weighted by molar-refractivity contribution is 5.92. The summed E-state index contributed by atoms with van der Waals surface area (Å²) in [7, 11) is 0. The molecule has 3 aromatic rings. The number of likely N-dealkylation sites (tertiary alicyclic amines) is 1. The number of carbonyl (C=O) groups is 1. The number of hydrogen-bond acceptors (Lipinski definition) is 5. The van der Waals surface area contributed by atoms with Gasteiger partial charge in [0.2, 0.25) is 11.8 Å². The van der Waals surface area contributed by atoms with Crippen LogP contribution in [0.15, 0.2) is 47.3 Å². The monoisotopic (exact) mass is 365 g/mol. The summed E-state index contributed by atoms with van der Waals surface area (Å²) in [4.78, 5) is 32.4. The van der Waals surface area contributed by atoms with Crippen LogP contribution in [0.5, 0.6) is 5.88 Å². The molecule has 1 aliphatic rings. The summed E-state index contributed by atoms with van der Waals surface area (Å²) in [6.07, 6.45) is 0.566. The number of H-pyrrole nitrogens is 2. The summed E-state index contributed by atoms with van der Waals surface area (Å²) in [5, 5.41) is 8.08. The molecule has 2 N–H and O–H groups in total. The van der Waals surface area contributed by atoms with Crippen LogP contribution in [0.3, 0.4) is 0 Å². The summed E-state index contributed by atoms with van der Waals surface area (Å²) < 4.78 is 6.15. The zero-order valence-corrected chi connectivity index (χ0v) is 14.9. The predicted octanol–water partition coefficient (Wildman–Crippen LogP) is 1.87. The second-order valence-corrected chi connectivity index (χ2v) is 6.62. The lowest BCUT2D eigenvalue weighted by atomic mass is 10.1. The molecule has 1 aliphatic heterocycles. The second kappa shape index (κ2) is 6.71. The van der Waals surface area contributed by atoms with E-state index in [9.17, 15) is 9.59 Å². The first-order valence-corrected chi connectivity index (χ1v) is 8.67. The molecule has 8 heteroatoms. The highest BCUT2D eigenvalue weighted by Gasteiger charge is 2.28. The van der Waals surface area contributed by atoms with Crippen molar-refractivity contribution in [1.82, 2.24) is 25.1 Å². The first kappa shape index (κ1) is 17.0. The van der Waals surface area contributed by atoms with Crippen molar-refractivity contribution in [2.75, 3.05) is 13.1 Å². The second-order valence-electron chi connectivity index (χ2n) is 6.62. The summed E-state index contributed by atoms with van der Waals surface area (Å²) in [5.74, 6) is 0.754. The van der Waals surface area contributed by atoms with Crippen LogP contribution in [-0.2, 0) is 4.79 Å². The number of aromatic nitrogens is 4. The van der Waals surface area contributed by atoms with Gasteiger partial charge in [-0.15, -0.1) is 0 Å². The molecule has 0 aliphatic carbocycles. The number of pyridine rings is 1. The molecule has 4 rings (SSSR count). The molecule has 0 spiro atoms. The van der Waals surface area contributed by atoms with E-state index in [1.807, 2.05) is 30.3 Å². The Morgan fingerprint density at radius 3 is 2.93 bits per heavy atom. The largest absolute Gasteiger partial charge is 0.472 e. The van der Waals surface area contributed by atoms with Gasteiger partial charge in [0.1, 0.15) is 11.8 Å². The van der Waals surface area contributed by atoms with Crippen molar-refractivity contribution >= 4 is 16.7 Å². The number of ether oxygens (including phenoxy) is 1. The first-order chi connectivity index (χ1) is 13.0. The first-order valence-electron chi connectivity index (χ1n) is 8.67. The van der Waals surface area contributed by atoms with Gasteiger partial charge in [0.15, 0.2) is 5.82 Å². The van der Waals surface area contributed by atoms with Crippen LogP contribution in [0.4, 0.5) is 0 Å². The lowest BCUT2D eigenvalue weighted by Gasteiger charge is -2.18. The van der Waals surface area contributed by atoms with E-state index < -0.39 is 5.69 Å². The van der Waals surface area contributed by atoms with Gasteiger partial charge in [-0.2, -0.15) is 5.10 Å². The Hall–Kier alpha value is -3.42. The minimum absolute atomic E-state index is 0.0539. The van der Waals surface area contributed by atoms with Gasteiger partial charge in [-0.1, -0.05) is 24.8 Å². The van der Waals surface area contributed by atoms with Crippen LogP contribution in [0, 0.1) is 0 Å². The van der Waals surface area contributed by atoms with E-state index in [1.54, 1.807) is 11.8 Å². The van der Waals surface area contributed by atoms with Crippen LogP contribution in [0.25, 0.3) is 22.3 Å². The van der Waals surface area contributed by atoms with E-state index in [4.69, 9.17) is 4.74 Å². The predicted molar refractivity (Wildman–Crippen MR) is 100 cm³/mol. The number of hydrogen-bond donors (Lipinski definition) is 2. The number of fused-ring (bicyclic) bond motifs is 1. The number of nitrogens with one attached hydrogen (secondary N) is 2. The number of nitrogens with zero attached hydrogens (tertiary/aromatic N) is 3. The molecule has 0 saturated carbocycles. The molecule has 3 heterocycles. The van der Waals surface area contributed by atoms with E-state index in [-0.39, 0.29) is 12.0 Å². The van der Waals surface area contributed by atoms with Crippen LogP contribution in [0.1, 0.15) is 13.3 Å². The van der Waals surface area contributed by atoms with Crippen LogP contribution >= 0.6 is 0 Å². The molecule has 138 valence electrons. The third-order valence-electron chi connectivity index (χ3n) is 4.52. The van der Waals surface area contributed by atoms with Crippen molar-refractivity contribution in [1.29, 1.82) is 0 Å².